The van der Waals surface area contributed by atoms with Gasteiger partial charge in [0.15, 0.2) is 5.78 Å². The van der Waals surface area contributed by atoms with Gasteiger partial charge in [-0.05, 0) is 30.9 Å². The third-order valence-corrected chi connectivity index (χ3v) is 6.33. The zero-order chi connectivity index (χ0) is 19.8. The lowest BCUT2D eigenvalue weighted by atomic mass is 9.85. The second kappa shape index (κ2) is 7.52. The van der Waals surface area contributed by atoms with E-state index < -0.39 is 0 Å². The Morgan fingerprint density at radius 1 is 1.14 bits per heavy atom. The van der Waals surface area contributed by atoms with Crippen molar-refractivity contribution >= 4 is 23.5 Å². The van der Waals surface area contributed by atoms with Crippen LogP contribution in [0.1, 0.15) is 42.0 Å². The summed E-state index contributed by atoms with van der Waals surface area (Å²) in [4.78, 5) is 17.6. The summed E-state index contributed by atoms with van der Waals surface area (Å²) in [5.41, 5.74) is 5.35. The number of nitrogens with one attached hydrogen (secondary N) is 1. The Morgan fingerprint density at radius 3 is 2.83 bits per heavy atom. The van der Waals surface area contributed by atoms with E-state index >= 15 is 0 Å². The Hall–Kier alpha value is -2.86. The number of ketones is 1. The van der Waals surface area contributed by atoms with Gasteiger partial charge in [-0.3, -0.25) is 4.79 Å². The molecule has 0 radical (unpaired) electrons. The topological polar surface area (TPSA) is 59.8 Å². The molecule has 1 N–H and O–H groups in total. The van der Waals surface area contributed by atoms with Gasteiger partial charge >= 0.3 is 0 Å². The van der Waals surface area contributed by atoms with Crippen molar-refractivity contribution < 1.29 is 4.79 Å². The van der Waals surface area contributed by atoms with Gasteiger partial charge in [-0.15, -0.1) is 5.10 Å². The molecular weight excluding hydrogens is 380 g/mol. The van der Waals surface area contributed by atoms with Crippen LogP contribution in [0.3, 0.4) is 0 Å². The number of rotatable bonds is 4. The molecule has 0 amide bonds. The van der Waals surface area contributed by atoms with Gasteiger partial charge in [-0.25, -0.2) is 4.68 Å². The van der Waals surface area contributed by atoms with Crippen LogP contribution in [0, 0.1) is 6.92 Å². The number of carbonyl (C=O) groups is 1. The van der Waals surface area contributed by atoms with Crippen LogP contribution in [0.5, 0.6) is 0 Å². The number of hydrogen-bond donors (Lipinski definition) is 1. The molecule has 0 bridgehead atoms. The summed E-state index contributed by atoms with van der Waals surface area (Å²) in [6.07, 6.45) is 2.36. The average Bonchev–Trinajstić information content (AvgIpc) is 3.14. The van der Waals surface area contributed by atoms with Crippen molar-refractivity contribution in [1.29, 1.82) is 0 Å². The number of allylic oxidation sites excluding steroid dienone is 2. The maximum atomic E-state index is 12.9. The van der Waals surface area contributed by atoms with E-state index in [0.717, 1.165) is 46.5 Å². The summed E-state index contributed by atoms with van der Waals surface area (Å²) in [5, 5.41) is 8.92. The van der Waals surface area contributed by atoms with Gasteiger partial charge < -0.3 is 5.32 Å². The highest BCUT2D eigenvalue weighted by Crippen LogP contribution is 2.40. The van der Waals surface area contributed by atoms with E-state index in [1.807, 2.05) is 28.9 Å². The van der Waals surface area contributed by atoms with Crippen LogP contribution in [0.4, 0.5) is 5.95 Å². The average molecular weight is 403 g/mol. The zero-order valence-corrected chi connectivity index (χ0v) is 17.1. The van der Waals surface area contributed by atoms with E-state index in [-0.39, 0.29) is 11.8 Å². The molecule has 0 fully saturated rings. The second-order valence-corrected chi connectivity index (χ2v) is 8.49. The lowest BCUT2D eigenvalue weighted by Gasteiger charge is -2.32. The van der Waals surface area contributed by atoms with Crippen LogP contribution in [-0.2, 0) is 10.5 Å². The number of hydrogen-bond acceptors (Lipinski definition) is 5. The van der Waals surface area contributed by atoms with Gasteiger partial charge in [0.2, 0.25) is 11.1 Å². The number of nitrogens with zero attached hydrogens (tertiary/aromatic N) is 3. The quantitative estimate of drug-likeness (QED) is 0.629. The smallest absolute Gasteiger partial charge is 0.227 e. The highest BCUT2D eigenvalue weighted by Gasteiger charge is 2.36. The third-order valence-electron chi connectivity index (χ3n) is 5.42. The Labute approximate surface area is 174 Å². The van der Waals surface area contributed by atoms with E-state index in [0.29, 0.717) is 6.42 Å². The first-order valence-corrected chi connectivity index (χ1v) is 10.9. The Kier molecular flexibility index (Phi) is 4.72. The van der Waals surface area contributed by atoms with Crippen molar-refractivity contribution in [3.63, 3.8) is 0 Å². The van der Waals surface area contributed by atoms with Crippen LogP contribution in [0.25, 0.3) is 0 Å². The fourth-order valence-electron chi connectivity index (χ4n) is 4.07. The number of fused-ring (bicyclic) bond motifs is 1. The fourth-order valence-corrected chi connectivity index (χ4v) is 4.85. The summed E-state index contributed by atoms with van der Waals surface area (Å²) in [7, 11) is 0. The number of anilines is 1. The molecule has 1 unspecified atom stereocenters. The lowest BCUT2D eigenvalue weighted by molar-refractivity contribution is -0.116. The highest BCUT2D eigenvalue weighted by atomic mass is 32.2. The Bertz CT molecular complexity index is 1100. The third kappa shape index (κ3) is 3.49. The molecule has 2 aliphatic rings. The molecule has 1 aromatic heterocycles. The van der Waals surface area contributed by atoms with Crippen LogP contribution in [0.2, 0.25) is 0 Å². The summed E-state index contributed by atoms with van der Waals surface area (Å²) >= 11 is 1.61. The van der Waals surface area contributed by atoms with Crippen LogP contribution < -0.4 is 5.32 Å². The maximum absolute atomic E-state index is 12.9. The van der Waals surface area contributed by atoms with E-state index in [1.165, 1.54) is 11.1 Å². The molecule has 2 heterocycles. The van der Waals surface area contributed by atoms with E-state index in [4.69, 9.17) is 10.1 Å². The fraction of sp³-hybridized carbons (Fsp3) is 0.261. The summed E-state index contributed by atoms with van der Waals surface area (Å²) in [6.45, 7) is 2.08. The standard InChI is InChI=1S/C23H22N4OS/c1-15-7-5-10-17(13-15)21-20-18(11-6-12-19(20)28)24-22-25-23(26-27(21)22)29-14-16-8-3-2-4-9-16/h2-5,7-10,13,21H,6,11-12,14H2,1H3,(H,24,25,26). The van der Waals surface area contributed by atoms with E-state index in [1.54, 1.807) is 11.8 Å². The molecule has 29 heavy (non-hydrogen) atoms. The Balaban J connectivity index is 1.53. The summed E-state index contributed by atoms with van der Waals surface area (Å²) in [6, 6.07) is 18.4. The van der Waals surface area contributed by atoms with E-state index in [2.05, 4.69) is 42.6 Å². The van der Waals surface area contributed by atoms with Gasteiger partial charge in [0.25, 0.3) is 0 Å². The van der Waals surface area contributed by atoms with Gasteiger partial charge in [-0.2, -0.15) is 4.98 Å². The van der Waals surface area contributed by atoms with Crippen molar-refractivity contribution in [2.45, 2.75) is 43.1 Å². The molecule has 0 saturated carbocycles. The maximum Gasteiger partial charge on any atom is 0.227 e. The van der Waals surface area contributed by atoms with Crippen LogP contribution in [-0.4, -0.2) is 20.5 Å². The largest absolute Gasteiger partial charge is 0.328 e. The van der Waals surface area contributed by atoms with Gasteiger partial charge in [0, 0.05) is 23.4 Å². The SMILES string of the molecule is Cc1cccc(C2C3=C(CCCC3=O)Nc3nc(SCc4ccccc4)nn32)c1. The van der Waals surface area contributed by atoms with Crippen molar-refractivity contribution in [2.75, 3.05) is 5.32 Å². The van der Waals surface area contributed by atoms with Crippen molar-refractivity contribution in [1.82, 2.24) is 14.8 Å². The van der Waals surface area contributed by atoms with Gasteiger partial charge in [-0.1, -0.05) is 71.9 Å². The first kappa shape index (κ1) is 18.2. The summed E-state index contributed by atoms with van der Waals surface area (Å²) in [5.74, 6) is 1.75. The molecule has 1 aliphatic heterocycles. The van der Waals surface area contributed by atoms with Crippen LogP contribution in [0.15, 0.2) is 71.0 Å². The molecule has 1 aliphatic carbocycles. The lowest BCUT2D eigenvalue weighted by Crippen LogP contribution is -2.31. The minimum atomic E-state index is -0.215. The first-order valence-electron chi connectivity index (χ1n) is 9.92. The predicted molar refractivity (Wildman–Crippen MR) is 115 cm³/mol. The number of aryl methyl sites for hydroxylation is 1. The van der Waals surface area contributed by atoms with Crippen molar-refractivity contribution in [3.8, 4) is 0 Å². The van der Waals surface area contributed by atoms with Gasteiger partial charge in [0.1, 0.15) is 6.04 Å². The molecule has 2 aromatic carbocycles. The van der Waals surface area contributed by atoms with Crippen molar-refractivity contribution in [2.24, 2.45) is 0 Å². The predicted octanol–water partition coefficient (Wildman–Crippen LogP) is 4.90. The molecule has 3 aromatic rings. The molecule has 1 atom stereocenters. The molecule has 0 saturated heterocycles. The highest BCUT2D eigenvalue weighted by molar-refractivity contribution is 7.98. The number of benzene rings is 2. The summed E-state index contributed by atoms with van der Waals surface area (Å²) < 4.78 is 1.89. The monoisotopic (exact) mass is 402 g/mol. The molecule has 5 nitrogen and oxygen atoms in total. The van der Waals surface area contributed by atoms with Crippen LogP contribution >= 0.6 is 11.8 Å². The van der Waals surface area contributed by atoms with E-state index in [9.17, 15) is 4.79 Å². The van der Waals surface area contributed by atoms with Gasteiger partial charge in [0.05, 0.1) is 0 Å². The minimum absolute atomic E-state index is 0.213. The molecule has 0 spiro atoms. The Morgan fingerprint density at radius 2 is 2.00 bits per heavy atom. The van der Waals surface area contributed by atoms with Crippen molar-refractivity contribution in [3.05, 3.63) is 82.6 Å². The molecule has 5 rings (SSSR count). The normalized spacial score (nSPS) is 18.2. The first-order chi connectivity index (χ1) is 14.2. The molecule has 6 heteroatoms. The zero-order valence-electron chi connectivity index (χ0n) is 16.3. The second-order valence-electron chi connectivity index (χ2n) is 7.55. The number of thioether (sulfide) groups is 1. The number of Topliss-reactive ketones (excluding diaryl/α,β-unsaturated/α-hetero) is 1. The molecule has 146 valence electrons. The number of carbonyl (C=O) groups excluding carboxylic acids is 1. The number of aromatic nitrogens is 3. The minimum Gasteiger partial charge on any atom is -0.328 e. The molecular formula is C23H22N4OS.